The van der Waals surface area contributed by atoms with Crippen molar-refractivity contribution in [3.63, 3.8) is 0 Å². The summed E-state index contributed by atoms with van der Waals surface area (Å²) in [7, 11) is 0. The van der Waals surface area contributed by atoms with E-state index in [1.54, 1.807) is 0 Å². The van der Waals surface area contributed by atoms with Crippen molar-refractivity contribution >= 4 is 49.1 Å². The Morgan fingerprint density at radius 1 is 0.453 bits per heavy atom. The second kappa shape index (κ2) is 50.5. The van der Waals surface area contributed by atoms with Crippen LogP contribution in [0.15, 0.2) is 0 Å². The number of hydrogen-bond donors (Lipinski definition) is 6. The molecule has 0 bridgehead atoms. The number of carbonyl (C=O) groups excluding carboxylic acids is 1. The number of carboxylic acid groups (broad SMARTS) is 3. The van der Waals surface area contributed by atoms with Crippen molar-refractivity contribution in [3.8, 4) is 0 Å². The first kappa shape index (κ1) is 58.3. The zero-order valence-corrected chi connectivity index (χ0v) is 36.3. The summed E-state index contributed by atoms with van der Waals surface area (Å²) in [6.45, 7) is 9.37. The molecule has 4 N–H and O–H groups in total. The van der Waals surface area contributed by atoms with Gasteiger partial charge >= 0.3 is 23.9 Å². The van der Waals surface area contributed by atoms with Gasteiger partial charge in [-0.3, -0.25) is 19.2 Å². The number of rotatable bonds is 34. The molecule has 0 aromatic heterocycles. The molecule has 0 saturated heterocycles. The van der Waals surface area contributed by atoms with E-state index in [4.69, 9.17) is 25.2 Å². The molecule has 0 spiro atoms. The molecule has 0 saturated carbocycles. The highest BCUT2D eigenvalue weighted by Crippen LogP contribution is 2.13. The van der Waals surface area contributed by atoms with Gasteiger partial charge in [0.1, 0.15) is 0 Å². The van der Waals surface area contributed by atoms with Crippen LogP contribution in [0.3, 0.4) is 0 Å². The third-order valence-corrected chi connectivity index (χ3v) is 9.48. The summed E-state index contributed by atoms with van der Waals surface area (Å²) >= 11 is 7.97. The number of carbonyl (C=O) groups is 4. The Bertz CT molecular complexity index is 750. The molecular formula is C42H84O9S2. The molecular weight excluding hydrogens is 713 g/mol. The summed E-state index contributed by atoms with van der Waals surface area (Å²) in [5.74, 6) is -2.35. The van der Waals surface area contributed by atoms with Crippen molar-refractivity contribution in [2.45, 2.75) is 231 Å². The number of thiol groups is 2. The maximum absolute atomic E-state index is 11.2. The number of ether oxygens (including phenoxy) is 1. The van der Waals surface area contributed by atoms with Crippen LogP contribution < -0.4 is 0 Å². The van der Waals surface area contributed by atoms with Crippen LogP contribution >= 0.6 is 25.3 Å². The number of hydrogen-bond acceptors (Lipinski definition) is 8. The van der Waals surface area contributed by atoms with Crippen molar-refractivity contribution in [1.82, 2.24) is 0 Å². The molecule has 0 aliphatic heterocycles. The average molecular weight is 797 g/mol. The lowest BCUT2D eigenvalue weighted by Gasteiger charge is -2.04. The Morgan fingerprint density at radius 3 is 1.09 bits per heavy atom. The van der Waals surface area contributed by atoms with Crippen molar-refractivity contribution < 1.29 is 44.3 Å². The molecule has 9 nitrogen and oxygen atoms in total. The van der Waals surface area contributed by atoms with Crippen LogP contribution in [0.4, 0.5) is 0 Å². The topological polar surface area (TPSA) is 158 Å². The monoisotopic (exact) mass is 797 g/mol. The van der Waals surface area contributed by atoms with Crippen LogP contribution in [0.5, 0.6) is 0 Å². The standard InChI is InChI=1S/C12H24O3.2C11H22O2S.C8H16O2/c1-2-3-4-5-6-9-12(14)15-11-8-7-10-13;2*1-2-3-4-5-6-7-8-9-10(14)11(12)13;1-2-3-4-5-6-7-8(9)10/h13H,2-11H2,1H3;2*10,14H,2-9H2,1H3,(H,12,13);2-7H2,1H3,(H,9,10). The van der Waals surface area contributed by atoms with Gasteiger partial charge in [-0.1, -0.05) is 169 Å². The predicted octanol–water partition coefficient (Wildman–Crippen LogP) is 12.1. The van der Waals surface area contributed by atoms with E-state index in [0.717, 1.165) is 57.8 Å². The molecule has 11 heteroatoms. The van der Waals surface area contributed by atoms with E-state index in [1.165, 1.54) is 103 Å². The van der Waals surface area contributed by atoms with E-state index in [-0.39, 0.29) is 12.6 Å². The number of aliphatic hydroxyl groups is 1. The Labute approximate surface area is 336 Å². The summed E-state index contributed by atoms with van der Waals surface area (Å²) in [5.41, 5.74) is 0. The fraction of sp³-hybridized carbons (Fsp3) is 0.905. The van der Waals surface area contributed by atoms with Gasteiger partial charge in [-0.2, -0.15) is 25.3 Å². The molecule has 2 unspecified atom stereocenters. The summed E-state index contributed by atoms with van der Waals surface area (Å²) in [5, 5.41) is 33.0. The van der Waals surface area contributed by atoms with Crippen LogP contribution in [0.2, 0.25) is 0 Å². The molecule has 2 atom stereocenters. The van der Waals surface area contributed by atoms with Gasteiger partial charge in [-0.05, 0) is 38.5 Å². The van der Waals surface area contributed by atoms with Crippen molar-refractivity contribution in [1.29, 1.82) is 0 Å². The normalized spacial score (nSPS) is 11.5. The first-order valence-electron chi connectivity index (χ1n) is 21.2. The maximum Gasteiger partial charge on any atom is 0.316 e. The minimum absolute atomic E-state index is 0.0931. The minimum Gasteiger partial charge on any atom is -0.481 e. The molecule has 318 valence electrons. The molecule has 0 aliphatic rings. The number of aliphatic hydroxyl groups excluding tert-OH is 1. The smallest absolute Gasteiger partial charge is 0.316 e. The second-order valence-electron chi connectivity index (χ2n) is 13.9. The summed E-state index contributed by atoms with van der Waals surface area (Å²) in [4.78, 5) is 42.0. The Balaban J connectivity index is -0.000000305. The molecule has 0 rings (SSSR count). The van der Waals surface area contributed by atoms with Crippen LogP contribution in [-0.4, -0.2) is 68.0 Å². The van der Waals surface area contributed by atoms with Gasteiger partial charge < -0.3 is 25.2 Å². The number of unbranched alkanes of at least 4 members (excludes halogenated alkanes) is 21. The first-order chi connectivity index (χ1) is 25.4. The maximum atomic E-state index is 11.2. The van der Waals surface area contributed by atoms with E-state index in [9.17, 15) is 19.2 Å². The van der Waals surface area contributed by atoms with Crippen LogP contribution in [0.25, 0.3) is 0 Å². The van der Waals surface area contributed by atoms with Gasteiger partial charge in [0.15, 0.2) is 0 Å². The average Bonchev–Trinajstić information content (AvgIpc) is 3.13. The van der Waals surface area contributed by atoms with Gasteiger partial charge in [-0.15, -0.1) is 0 Å². The molecule has 0 fully saturated rings. The largest absolute Gasteiger partial charge is 0.481 e. The summed E-state index contributed by atoms with van der Waals surface area (Å²) < 4.78 is 5.00. The van der Waals surface area contributed by atoms with E-state index in [0.29, 0.717) is 38.7 Å². The molecule has 0 aromatic rings. The van der Waals surface area contributed by atoms with Gasteiger partial charge in [0.25, 0.3) is 0 Å². The Kier molecular flexibility index (Phi) is 55.5. The number of esters is 1. The molecule has 0 aromatic carbocycles. The highest BCUT2D eigenvalue weighted by molar-refractivity contribution is 7.82. The van der Waals surface area contributed by atoms with Crippen molar-refractivity contribution in [3.05, 3.63) is 0 Å². The zero-order valence-electron chi connectivity index (χ0n) is 34.5. The second-order valence-corrected chi connectivity index (χ2v) is 15.1. The quantitative estimate of drug-likeness (QED) is 0.0212. The lowest BCUT2D eigenvalue weighted by atomic mass is 10.1. The van der Waals surface area contributed by atoms with Crippen molar-refractivity contribution in [2.24, 2.45) is 0 Å². The van der Waals surface area contributed by atoms with Gasteiger partial charge in [0.2, 0.25) is 0 Å². The first-order valence-corrected chi connectivity index (χ1v) is 22.3. The van der Waals surface area contributed by atoms with Crippen molar-refractivity contribution in [2.75, 3.05) is 13.2 Å². The van der Waals surface area contributed by atoms with E-state index >= 15 is 0 Å². The van der Waals surface area contributed by atoms with Crippen LogP contribution in [0.1, 0.15) is 220 Å². The third-order valence-electron chi connectivity index (χ3n) is 8.53. The Hall–Kier alpha value is -1.46. The molecule has 0 aliphatic carbocycles. The summed E-state index contributed by atoms with van der Waals surface area (Å²) in [6, 6.07) is 0. The Morgan fingerprint density at radius 2 is 0.774 bits per heavy atom. The fourth-order valence-corrected chi connectivity index (χ4v) is 5.43. The fourth-order valence-electron chi connectivity index (χ4n) is 5.06. The molecule has 0 heterocycles. The minimum atomic E-state index is -0.792. The predicted molar refractivity (Wildman–Crippen MR) is 228 cm³/mol. The van der Waals surface area contributed by atoms with E-state index in [1.807, 2.05) is 0 Å². The van der Waals surface area contributed by atoms with E-state index in [2.05, 4.69) is 53.0 Å². The highest BCUT2D eigenvalue weighted by atomic mass is 32.1. The number of aliphatic carboxylic acids is 3. The summed E-state index contributed by atoms with van der Waals surface area (Å²) in [6.07, 6.45) is 32.2. The van der Waals surface area contributed by atoms with Gasteiger partial charge in [-0.25, -0.2) is 0 Å². The lowest BCUT2D eigenvalue weighted by molar-refractivity contribution is -0.144. The highest BCUT2D eigenvalue weighted by Gasteiger charge is 2.11. The van der Waals surface area contributed by atoms with Crippen LogP contribution in [-0.2, 0) is 23.9 Å². The molecule has 0 radical (unpaired) electrons. The van der Waals surface area contributed by atoms with Gasteiger partial charge in [0.05, 0.1) is 17.1 Å². The van der Waals surface area contributed by atoms with E-state index < -0.39 is 28.4 Å². The zero-order chi connectivity index (χ0) is 40.8. The van der Waals surface area contributed by atoms with Gasteiger partial charge in [0, 0.05) is 19.4 Å². The molecule has 0 amide bonds. The molecule has 53 heavy (non-hydrogen) atoms. The van der Waals surface area contributed by atoms with Crippen LogP contribution in [0, 0.1) is 0 Å². The lowest BCUT2D eigenvalue weighted by Crippen LogP contribution is -2.12. The SMILES string of the molecule is CCCCCCCC(=O)O.CCCCCCCC(=O)OCCCCO.CCCCCCCCCC(S)C(=O)O.CCCCCCCCCC(S)C(=O)O. The third kappa shape index (κ3) is 60.0. The number of carboxylic acids is 3.